The predicted octanol–water partition coefficient (Wildman–Crippen LogP) is 6.60. The van der Waals surface area contributed by atoms with E-state index >= 15 is 0 Å². The SMILES string of the molecule is CCc1c(C)ncc(-c2ccc(N(C)CCOc3ccc(C)c(F)c3)cn2)c1N1CCC(C)(C)CC1. The Morgan fingerprint density at radius 3 is 2.44 bits per heavy atom. The summed E-state index contributed by atoms with van der Waals surface area (Å²) in [6, 6.07) is 9.16. The number of nitrogens with zero attached hydrogens (tertiary/aromatic N) is 4. The highest BCUT2D eigenvalue weighted by molar-refractivity contribution is 5.79. The molecule has 0 N–H and O–H groups in total. The maximum Gasteiger partial charge on any atom is 0.129 e. The lowest BCUT2D eigenvalue weighted by Gasteiger charge is -2.40. The Kier molecular flexibility index (Phi) is 7.82. The molecule has 2 aromatic heterocycles. The number of anilines is 2. The molecule has 0 bridgehead atoms. The van der Waals surface area contributed by atoms with Gasteiger partial charge in [0.15, 0.2) is 0 Å². The van der Waals surface area contributed by atoms with E-state index in [0.717, 1.165) is 42.1 Å². The summed E-state index contributed by atoms with van der Waals surface area (Å²) >= 11 is 0. The molecular weight excluding hydrogens is 451 g/mol. The van der Waals surface area contributed by atoms with Crippen LogP contribution in [-0.4, -0.2) is 43.3 Å². The van der Waals surface area contributed by atoms with E-state index in [0.29, 0.717) is 29.9 Å². The zero-order valence-electron chi connectivity index (χ0n) is 22.6. The van der Waals surface area contributed by atoms with Crippen LogP contribution in [0.4, 0.5) is 15.8 Å². The number of aryl methyl sites for hydroxylation is 2. The van der Waals surface area contributed by atoms with Gasteiger partial charge in [-0.1, -0.05) is 26.8 Å². The fourth-order valence-corrected chi connectivity index (χ4v) is 4.81. The highest BCUT2D eigenvalue weighted by Crippen LogP contribution is 2.39. The van der Waals surface area contributed by atoms with Gasteiger partial charge in [-0.25, -0.2) is 4.39 Å². The van der Waals surface area contributed by atoms with E-state index in [2.05, 4.69) is 49.6 Å². The first-order valence-electron chi connectivity index (χ1n) is 13.0. The number of ether oxygens (including phenoxy) is 1. The molecule has 0 amide bonds. The molecule has 1 aliphatic heterocycles. The van der Waals surface area contributed by atoms with Crippen LogP contribution in [0.15, 0.2) is 42.7 Å². The number of hydrogen-bond acceptors (Lipinski definition) is 5. The maximum atomic E-state index is 13.8. The van der Waals surface area contributed by atoms with Crippen molar-refractivity contribution in [3.63, 3.8) is 0 Å². The lowest BCUT2D eigenvalue weighted by Crippen LogP contribution is -2.38. The Morgan fingerprint density at radius 1 is 1.06 bits per heavy atom. The van der Waals surface area contributed by atoms with Gasteiger partial charge in [0.2, 0.25) is 0 Å². The minimum absolute atomic E-state index is 0.245. The number of likely N-dealkylation sites (N-methyl/N-ethyl adjacent to an activating group) is 1. The Hall–Kier alpha value is -3.15. The van der Waals surface area contributed by atoms with E-state index in [4.69, 9.17) is 14.7 Å². The molecule has 1 fully saturated rings. The molecule has 1 aromatic carbocycles. The van der Waals surface area contributed by atoms with E-state index in [9.17, 15) is 4.39 Å². The van der Waals surface area contributed by atoms with Crippen molar-refractivity contribution in [2.75, 3.05) is 43.1 Å². The molecular formula is C30H39FN4O. The van der Waals surface area contributed by atoms with Gasteiger partial charge in [0.25, 0.3) is 0 Å². The first kappa shape index (κ1) is 25.9. The van der Waals surface area contributed by atoms with E-state index < -0.39 is 0 Å². The van der Waals surface area contributed by atoms with Crippen LogP contribution in [0.2, 0.25) is 0 Å². The van der Waals surface area contributed by atoms with Crippen molar-refractivity contribution >= 4 is 11.4 Å². The van der Waals surface area contributed by atoms with Gasteiger partial charge in [-0.05, 0) is 67.9 Å². The standard InChI is InChI=1S/C30H39FN4O/c1-7-25-22(3)32-20-26(29(25)35-14-12-30(4,5)13-15-35)28-11-9-23(19-33-28)34(6)16-17-36-24-10-8-21(2)27(31)18-24/h8-11,18-20H,7,12-17H2,1-6H3. The summed E-state index contributed by atoms with van der Waals surface area (Å²) in [6.45, 7) is 14.0. The second-order valence-corrected chi connectivity index (χ2v) is 10.7. The quantitative estimate of drug-likeness (QED) is 0.356. The van der Waals surface area contributed by atoms with Crippen LogP contribution < -0.4 is 14.5 Å². The first-order chi connectivity index (χ1) is 17.2. The Labute approximate surface area is 215 Å². The average molecular weight is 491 g/mol. The summed E-state index contributed by atoms with van der Waals surface area (Å²) in [6.07, 6.45) is 7.23. The van der Waals surface area contributed by atoms with Crippen LogP contribution in [0, 0.1) is 25.1 Å². The van der Waals surface area contributed by atoms with Gasteiger partial charge in [0.1, 0.15) is 18.2 Å². The molecule has 0 saturated carbocycles. The van der Waals surface area contributed by atoms with Crippen molar-refractivity contribution in [2.45, 2.75) is 53.9 Å². The van der Waals surface area contributed by atoms with Gasteiger partial charge in [0, 0.05) is 43.7 Å². The fraction of sp³-hybridized carbons (Fsp3) is 0.467. The van der Waals surface area contributed by atoms with E-state index in [-0.39, 0.29) is 5.82 Å². The number of benzene rings is 1. The van der Waals surface area contributed by atoms with Crippen LogP contribution in [0.5, 0.6) is 5.75 Å². The molecule has 192 valence electrons. The highest BCUT2D eigenvalue weighted by Gasteiger charge is 2.28. The number of piperidine rings is 1. The second-order valence-electron chi connectivity index (χ2n) is 10.7. The summed E-state index contributed by atoms with van der Waals surface area (Å²) < 4.78 is 19.5. The summed E-state index contributed by atoms with van der Waals surface area (Å²) in [4.78, 5) is 14.2. The maximum absolute atomic E-state index is 13.8. The third kappa shape index (κ3) is 5.80. The molecule has 0 unspecified atom stereocenters. The molecule has 4 rings (SSSR count). The molecule has 0 aliphatic carbocycles. The molecule has 36 heavy (non-hydrogen) atoms. The van der Waals surface area contributed by atoms with Gasteiger partial charge in [-0.3, -0.25) is 9.97 Å². The molecule has 1 aliphatic rings. The van der Waals surface area contributed by atoms with Crippen molar-refractivity contribution in [3.8, 4) is 17.0 Å². The van der Waals surface area contributed by atoms with Crippen molar-refractivity contribution in [1.82, 2.24) is 9.97 Å². The van der Waals surface area contributed by atoms with Crippen LogP contribution in [-0.2, 0) is 6.42 Å². The molecule has 3 heterocycles. The van der Waals surface area contributed by atoms with Gasteiger partial charge in [-0.15, -0.1) is 0 Å². The summed E-state index contributed by atoms with van der Waals surface area (Å²) in [5, 5.41) is 0. The third-order valence-corrected chi connectivity index (χ3v) is 7.46. The largest absolute Gasteiger partial charge is 0.492 e. The van der Waals surface area contributed by atoms with Crippen LogP contribution in [0.1, 0.15) is 50.4 Å². The minimum Gasteiger partial charge on any atom is -0.492 e. The van der Waals surface area contributed by atoms with Crippen molar-refractivity contribution in [1.29, 1.82) is 0 Å². The number of pyridine rings is 2. The molecule has 6 heteroatoms. The Balaban J connectivity index is 1.49. The van der Waals surface area contributed by atoms with E-state index in [1.165, 1.54) is 30.2 Å². The number of hydrogen-bond donors (Lipinski definition) is 0. The lowest BCUT2D eigenvalue weighted by atomic mass is 9.82. The molecule has 1 saturated heterocycles. The van der Waals surface area contributed by atoms with E-state index in [1.54, 1.807) is 19.1 Å². The smallest absolute Gasteiger partial charge is 0.129 e. The first-order valence-corrected chi connectivity index (χ1v) is 13.0. The number of halogens is 1. The van der Waals surface area contributed by atoms with Gasteiger partial charge < -0.3 is 14.5 Å². The number of rotatable bonds is 8. The van der Waals surface area contributed by atoms with Crippen LogP contribution in [0.3, 0.4) is 0 Å². The van der Waals surface area contributed by atoms with Crippen LogP contribution in [0.25, 0.3) is 11.3 Å². The summed E-state index contributed by atoms with van der Waals surface area (Å²) in [5.74, 6) is 0.303. The van der Waals surface area contributed by atoms with Crippen LogP contribution >= 0.6 is 0 Å². The second kappa shape index (κ2) is 10.9. The van der Waals surface area contributed by atoms with Crippen molar-refractivity contribution in [3.05, 3.63) is 65.4 Å². The highest BCUT2D eigenvalue weighted by atomic mass is 19.1. The van der Waals surface area contributed by atoms with Crippen molar-refractivity contribution < 1.29 is 9.13 Å². The summed E-state index contributed by atoms with van der Waals surface area (Å²) in [5.41, 5.74) is 7.80. The topological polar surface area (TPSA) is 41.5 Å². The Bertz CT molecular complexity index is 1180. The lowest BCUT2D eigenvalue weighted by molar-refractivity contribution is 0.279. The fourth-order valence-electron chi connectivity index (χ4n) is 4.81. The van der Waals surface area contributed by atoms with Crippen molar-refractivity contribution in [2.24, 2.45) is 5.41 Å². The summed E-state index contributed by atoms with van der Waals surface area (Å²) in [7, 11) is 2.01. The predicted molar refractivity (Wildman–Crippen MR) is 147 cm³/mol. The molecule has 0 radical (unpaired) electrons. The average Bonchev–Trinajstić information content (AvgIpc) is 2.86. The van der Waals surface area contributed by atoms with Gasteiger partial charge in [0.05, 0.1) is 29.8 Å². The zero-order valence-corrected chi connectivity index (χ0v) is 22.6. The van der Waals surface area contributed by atoms with E-state index in [1.807, 2.05) is 19.4 Å². The van der Waals surface area contributed by atoms with Gasteiger partial charge >= 0.3 is 0 Å². The number of aromatic nitrogens is 2. The van der Waals surface area contributed by atoms with Gasteiger partial charge in [-0.2, -0.15) is 0 Å². The monoisotopic (exact) mass is 490 g/mol. The Morgan fingerprint density at radius 2 is 1.81 bits per heavy atom. The molecule has 3 aromatic rings. The minimum atomic E-state index is -0.245. The molecule has 5 nitrogen and oxygen atoms in total. The normalized spacial score (nSPS) is 15.1. The molecule has 0 spiro atoms. The molecule has 0 atom stereocenters. The zero-order chi connectivity index (χ0) is 25.9. The third-order valence-electron chi connectivity index (χ3n) is 7.46.